The molecule has 0 saturated carbocycles. The van der Waals surface area contributed by atoms with Gasteiger partial charge in [0.1, 0.15) is 10.5 Å². The van der Waals surface area contributed by atoms with Crippen LogP contribution in [0.4, 0.5) is 13.2 Å². The first-order valence-corrected chi connectivity index (χ1v) is 8.94. The minimum absolute atomic E-state index is 0.153. The topological polar surface area (TPSA) is 70.5 Å². The number of rotatable bonds is 2. The number of hydrogen-bond donors (Lipinski definition) is 1. The van der Waals surface area contributed by atoms with Crippen LogP contribution in [-0.4, -0.2) is 39.5 Å². The number of likely N-dealkylation sites (tertiary alicyclic amines) is 1. The number of thiophene rings is 1. The zero-order valence-electron chi connectivity index (χ0n) is 14.1. The molecule has 3 heterocycles. The summed E-state index contributed by atoms with van der Waals surface area (Å²) in [5, 5.41) is 9.81. The van der Waals surface area contributed by atoms with E-state index in [2.05, 4.69) is 4.98 Å². The van der Waals surface area contributed by atoms with Gasteiger partial charge in [0.25, 0.3) is 5.91 Å². The second kappa shape index (κ2) is 6.53. The van der Waals surface area contributed by atoms with Gasteiger partial charge in [0, 0.05) is 18.0 Å². The van der Waals surface area contributed by atoms with E-state index in [1.165, 1.54) is 11.0 Å². The summed E-state index contributed by atoms with van der Waals surface area (Å²) in [6, 6.07) is 1.75. The Hall–Kier alpha value is -2.16. The van der Waals surface area contributed by atoms with Crippen LogP contribution >= 0.6 is 11.3 Å². The number of hydrogen-bond acceptors (Lipinski definition) is 4. The van der Waals surface area contributed by atoms with Gasteiger partial charge in [-0.3, -0.25) is 9.59 Å². The monoisotopic (exact) mass is 386 g/mol. The Morgan fingerprint density at radius 2 is 2.04 bits per heavy atom. The summed E-state index contributed by atoms with van der Waals surface area (Å²) in [5.41, 5.74) is -0.427. The first kappa shape index (κ1) is 18.6. The molecule has 2 aromatic rings. The molecule has 1 N–H and O–H groups in total. The Labute approximate surface area is 151 Å². The van der Waals surface area contributed by atoms with Gasteiger partial charge in [-0.25, -0.2) is 4.98 Å². The van der Waals surface area contributed by atoms with Crippen LogP contribution in [0.5, 0.6) is 0 Å². The fourth-order valence-corrected chi connectivity index (χ4v) is 4.49. The molecule has 1 amide bonds. The molecule has 0 radical (unpaired) electrons. The molecular weight excluding hydrogens is 369 g/mol. The molecule has 1 aliphatic rings. The maximum atomic E-state index is 12.9. The van der Waals surface area contributed by atoms with E-state index in [9.17, 15) is 27.9 Å². The van der Waals surface area contributed by atoms with Crippen LogP contribution in [0.25, 0.3) is 10.2 Å². The highest BCUT2D eigenvalue weighted by molar-refractivity contribution is 7.20. The Morgan fingerprint density at radius 3 is 2.65 bits per heavy atom. The van der Waals surface area contributed by atoms with E-state index in [1.54, 1.807) is 13.8 Å². The lowest BCUT2D eigenvalue weighted by molar-refractivity contribution is -0.145. The van der Waals surface area contributed by atoms with Crippen molar-refractivity contribution in [1.82, 2.24) is 9.88 Å². The minimum atomic E-state index is -4.55. The summed E-state index contributed by atoms with van der Waals surface area (Å²) in [4.78, 5) is 29.9. The molecule has 9 heteroatoms. The maximum Gasteiger partial charge on any atom is 0.433 e. The lowest BCUT2D eigenvalue weighted by Crippen LogP contribution is -2.49. The Morgan fingerprint density at radius 1 is 1.35 bits per heavy atom. The van der Waals surface area contributed by atoms with Crippen molar-refractivity contribution < 1.29 is 27.9 Å². The standard InChI is InChI=1S/C17H17F3N2O3S/c1-8-10-5-6-12(17(18,19)20)21-14(10)26-13(8)15(23)22-7-3-4-11(9(22)2)16(24)25/h5-6,9,11H,3-4,7H2,1-2H3,(H,24,25)/t9-,11-/m1/s1. The summed E-state index contributed by atoms with van der Waals surface area (Å²) in [6.45, 7) is 3.79. The Bertz CT molecular complexity index is 878. The number of fused-ring (bicyclic) bond motifs is 1. The third-order valence-corrected chi connectivity index (χ3v) is 6.04. The van der Waals surface area contributed by atoms with Crippen molar-refractivity contribution in [2.24, 2.45) is 5.92 Å². The van der Waals surface area contributed by atoms with E-state index in [-0.39, 0.29) is 10.7 Å². The molecule has 5 nitrogen and oxygen atoms in total. The highest BCUT2D eigenvalue weighted by Gasteiger charge is 2.37. The predicted molar refractivity (Wildman–Crippen MR) is 90.2 cm³/mol. The van der Waals surface area contributed by atoms with Crippen LogP contribution in [0.1, 0.15) is 40.7 Å². The number of carboxylic acids is 1. The second-order valence-electron chi connectivity index (χ2n) is 6.43. The fourth-order valence-electron chi connectivity index (χ4n) is 3.35. The number of halogens is 3. The van der Waals surface area contributed by atoms with Gasteiger partial charge in [-0.1, -0.05) is 0 Å². The summed E-state index contributed by atoms with van der Waals surface area (Å²) in [7, 11) is 0. The molecule has 3 rings (SSSR count). The van der Waals surface area contributed by atoms with E-state index in [1.807, 2.05) is 0 Å². The molecule has 1 aliphatic heterocycles. The van der Waals surface area contributed by atoms with Crippen LogP contribution in [0, 0.1) is 12.8 Å². The van der Waals surface area contributed by atoms with Crippen molar-refractivity contribution in [3.63, 3.8) is 0 Å². The molecule has 0 aromatic carbocycles. The van der Waals surface area contributed by atoms with Gasteiger partial charge < -0.3 is 10.0 Å². The van der Waals surface area contributed by atoms with Crippen LogP contribution < -0.4 is 0 Å². The van der Waals surface area contributed by atoms with Gasteiger partial charge in [0.05, 0.1) is 10.8 Å². The van der Waals surface area contributed by atoms with E-state index >= 15 is 0 Å². The number of carboxylic acid groups (broad SMARTS) is 1. The largest absolute Gasteiger partial charge is 0.481 e. The molecule has 26 heavy (non-hydrogen) atoms. The van der Waals surface area contributed by atoms with Crippen molar-refractivity contribution in [1.29, 1.82) is 0 Å². The highest BCUT2D eigenvalue weighted by atomic mass is 32.1. The Balaban J connectivity index is 1.98. The highest BCUT2D eigenvalue weighted by Crippen LogP contribution is 2.36. The van der Waals surface area contributed by atoms with Gasteiger partial charge in [-0.05, 0) is 44.4 Å². The zero-order chi connectivity index (χ0) is 19.2. The number of carbonyl (C=O) groups excluding carboxylic acids is 1. The quantitative estimate of drug-likeness (QED) is 0.849. The van der Waals surface area contributed by atoms with Gasteiger partial charge in [-0.2, -0.15) is 13.2 Å². The van der Waals surface area contributed by atoms with E-state index in [0.717, 1.165) is 17.4 Å². The van der Waals surface area contributed by atoms with Crippen LogP contribution in [-0.2, 0) is 11.0 Å². The van der Waals surface area contributed by atoms with Gasteiger partial charge in [-0.15, -0.1) is 11.3 Å². The molecule has 2 aromatic heterocycles. The number of aliphatic carboxylic acids is 1. The van der Waals surface area contributed by atoms with Crippen molar-refractivity contribution in [3.8, 4) is 0 Å². The number of aryl methyl sites for hydroxylation is 1. The third kappa shape index (κ3) is 3.15. The van der Waals surface area contributed by atoms with Crippen molar-refractivity contribution >= 4 is 33.4 Å². The lowest BCUT2D eigenvalue weighted by Gasteiger charge is -2.37. The minimum Gasteiger partial charge on any atom is -0.481 e. The van der Waals surface area contributed by atoms with E-state index < -0.39 is 29.8 Å². The number of piperidine rings is 1. The summed E-state index contributed by atoms with van der Waals surface area (Å²) in [5.74, 6) is -1.94. The predicted octanol–water partition coefficient (Wildman–Crippen LogP) is 3.95. The molecule has 0 spiro atoms. The number of pyridine rings is 1. The number of alkyl halides is 3. The normalized spacial score (nSPS) is 21.2. The van der Waals surface area contributed by atoms with Crippen molar-refractivity contribution in [2.45, 2.75) is 38.9 Å². The van der Waals surface area contributed by atoms with Gasteiger partial charge in [0.2, 0.25) is 0 Å². The molecule has 1 saturated heterocycles. The number of amides is 1. The average Bonchev–Trinajstić information content (AvgIpc) is 2.90. The van der Waals surface area contributed by atoms with E-state index in [0.29, 0.717) is 35.2 Å². The second-order valence-corrected chi connectivity index (χ2v) is 7.43. The molecular formula is C17H17F3N2O3S. The molecule has 0 unspecified atom stereocenters. The SMILES string of the molecule is Cc1c(C(=O)N2CCC[C@@H](C(=O)O)[C@H]2C)sc2nc(C(F)(F)F)ccc12. The van der Waals surface area contributed by atoms with Gasteiger partial charge >= 0.3 is 12.1 Å². The molecule has 0 aliphatic carbocycles. The van der Waals surface area contributed by atoms with E-state index in [4.69, 9.17) is 0 Å². The van der Waals surface area contributed by atoms with Gasteiger partial charge in [0.15, 0.2) is 0 Å². The third-order valence-electron chi connectivity index (χ3n) is 4.85. The first-order valence-electron chi connectivity index (χ1n) is 8.12. The molecule has 140 valence electrons. The Kier molecular flexibility index (Phi) is 4.68. The molecule has 1 fully saturated rings. The number of aromatic nitrogens is 1. The van der Waals surface area contributed by atoms with Crippen molar-refractivity contribution in [3.05, 3.63) is 28.3 Å². The molecule has 0 bridgehead atoms. The first-order chi connectivity index (χ1) is 12.1. The summed E-state index contributed by atoms with van der Waals surface area (Å²) < 4.78 is 38.6. The maximum absolute atomic E-state index is 12.9. The van der Waals surface area contributed by atoms with Crippen LogP contribution in [0.3, 0.4) is 0 Å². The lowest BCUT2D eigenvalue weighted by atomic mass is 9.90. The number of nitrogens with zero attached hydrogens (tertiary/aromatic N) is 2. The van der Waals surface area contributed by atoms with Crippen LogP contribution in [0.15, 0.2) is 12.1 Å². The smallest absolute Gasteiger partial charge is 0.433 e. The van der Waals surface area contributed by atoms with Crippen molar-refractivity contribution in [2.75, 3.05) is 6.54 Å². The average molecular weight is 386 g/mol. The summed E-state index contributed by atoms with van der Waals surface area (Å²) in [6.07, 6.45) is -3.47. The summed E-state index contributed by atoms with van der Waals surface area (Å²) >= 11 is 0.918. The number of carbonyl (C=O) groups is 2. The fraction of sp³-hybridized carbons (Fsp3) is 0.471. The molecule has 2 atom stereocenters. The zero-order valence-corrected chi connectivity index (χ0v) is 14.9. The van der Waals surface area contributed by atoms with Crippen LogP contribution in [0.2, 0.25) is 0 Å².